The van der Waals surface area contributed by atoms with E-state index in [-0.39, 0.29) is 17.3 Å². The van der Waals surface area contributed by atoms with Gasteiger partial charge in [-0.25, -0.2) is 0 Å². The lowest BCUT2D eigenvalue weighted by Crippen LogP contribution is -2.57. The summed E-state index contributed by atoms with van der Waals surface area (Å²) in [5.74, 6) is 0.657. The van der Waals surface area contributed by atoms with Gasteiger partial charge in [0.15, 0.2) is 0 Å². The zero-order valence-electron chi connectivity index (χ0n) is 11.6. The Hall–Kier alpha value is -1.52. The Kier molecular flexibility index (Phi) is 3.46. The van der Waals surface area contributed by atoms with Crippen LogP contribution >= 0.6 is 0 Å². The first-order valence-corrected chi connectivity index (χ1v) is 7.29. The largest absolute Gasteiger partial charge is 0.489 e. The van der Waals surface area contributed by atoms with Crippen LogP contribution in [-0.4, -0.2) is 11.9 Å². The number of halogens is 3. The van der Waals surface area contributed by atoms with E-state index in [0.717, 1.165) is 44.2 Å². The van der Waals surface area contributed by atoms with Crippen molar-refractivity contribution in [3.63, 3.8) is 0 Å². The van der Waals surface area contributed by atoms with Crippen LogP contribution in [0.4, 0.5) is 13.2 Å². The molecule has 21 heavy (non-hydrogen) atoms. The molecule has 0 amide bonds. The van der Waals surface area contributed by atoms with Gasteiger partial charge >= 0.3 is 6.18 Å². The first-order valence-electron chi connectivity index (χ1n) is 7.29. The van der Waals surface area contributed by atoms with Crippen molar-refractivity contribution in [2.24, 2.45) is 5.41 Å². The van der Waals surface area contributed by atoms with Gasteiger partial charge in [0, 0.05) is 6.42 Å². The van der Waals surface area contributed by atoms with E-state index in [9.17, 15) is 18.0 Å². The summed E-state index contributed by atoms with van der Waals surface area (Å²) < 4.78 is 43.3. The molecule has 0 radical (unpaired) electrons. The first-order chi connectivity index (χ1) is 9.92. The molecular formula is C16H17F3O2. The summed E-state index contributed by atoms with van der Waals surface area (Å²) in [6, 6.07) is 4.71. The molecule has 2 fully saturated rings. The second-order valence-corrected chi connectivity index (χ2v) is 5.97. The summed E-state index contributed by atoms with van der Waals surface area (Å²) in [4.78, 5) is 12.0. The molecule has 0 heterocycles. The van der Waals surface area contributed by atoms with E-state index >= 15 is 0 Å². The number of ether oxygens (including phenoxy) is 1. The van der Waals surface area contributed by atoms with Gasteiger partial charge in [-0.15, -0.1) is 0 Å². The Morgan fingerprint density at radius 2 is 1.67 bits per heavy atom. The van der Waals surface area contributed by atoms with Gasteiger partial charge in [0.1, 0.15) is 17.6 Å². The van der Waals surface area contributed by atoms with Crippen LogP contribution in [0.1, 0.15) is 44.1 Å². The van der Waals surface area contributed by atoms with Gasteiger partial charge in [-0.1, -0.05) is 19.3 Å². The third-order valence-corrected chi connectivity index (χ3v) is 4.75. The number of hydrogen-bond donors (Lipinski definition) is 0. The normalized spacial score (nSPS) is 24.7. The van der Waals surface area contributed by atoms with Crippen molar-refractivity contribution in [3.8, 4) is 5.75 Å². The third kappa shape index (κ3) is 2.54. The molecule has 0 aliphatic heterocycles. The molecule has 3 rings (SSSR count). The topological polar surface area (TPSA) is 26.3 Å². The van der Waals surface area contributed by atoms with Crippen LogP contribution in [0.3, 0.4) is 0 Å². The van der Waals surface area contributed by atoms with E-state index in [1.165, 1.54) is 12.1 Å². The minimum absolute atomic E-state index is 0.179. The number of rotatable bonds is 2. The molecule has 0 N–H and O–H groups in total. The van der Waals surface area contributed by atoms with E-state index in [2.05, 4.69) is 0 Å². The fraction of sp³-hybridized carbons (Fsp3) is 0.562. The molecule has 0 aromatic heterocycles. The molecule has 0 saturated heterocycles. The highest BCUT2D eigenvalue weighted by atomic mass is 19.4. The lowest BCUT2D eigenvalue weighted by Gasteiger charge is -2.49. The highest BCUT2D eigenvalue weighted by molar-refractivity contribution is 5.92. The molecule has 1 unspecified atom stereocenters. The fourth-order valence-electron chi connectivity index (χ4n) is 3.44. The highest BCUT2D eigenvalue weighted by Gasteiger charge is 2.56. The number of ketones is 1. The fourth-order valence-corrected chi connectivity index (χ4v) is 3.44. The predicted octanol–water partition coefficient (Wildman–Crippen LogP) is 4.38. The van der Waals surface area contributed by atoms with Crippen molar-refractivity contribution < 1.29 is 22.7 Å². The van der Waals surface area contributed by atoms with Crippen molar-refractivity contribution >= 4 is 5.78 Å². The number of alkyl halides is 3. The Morgan fingerprint density at radius 1 is 1.05 bits per heavy atom. The summed E-state index contributed by atoms with van der Waals surface area (Å²) in [7, 11) is 0. The average molecular weight is 298 g/mol. The van der Waals surface area contributed by atoms with Crippen LogP contribution in [0.25, 0.3) is 0 Å². The maximum Gasteiger partial charge on any atom is 0.416 e. The lowest BCUT2D eigenvalue weighted by molar-refractivity contribution is -0.156. The first kappa shape index (κ1) is 14.4. The van der Waals surface area contributed by atoms with Gasteiger partial charge in [-0.05, 0) is 37.1 Å². The number of benzene rings is 1. The molecule has 0 bridgehead atoms. The summed E-state index contributed by atoms with van der Waals surface area (Å²) in [5.41, 5.74) is -1.06. The summed E-state index contributed by atoms with van der Waals surface area (Å²) in [6.07, 6.45) is 0.742. The summed E-state index contributed by atoms with van der Waals surface area (Å²) >= 11 is 0. The van der Waals surface area contributed by atoms with Crippen molar-refractivity contribution in [2.75, 3.05) is 0 Å². The van der Waals surface area contributed by atoms with Crippen molar-refractivity contribution in [3.05, 3.63) is 29.8 Å². The van der Waals surface area contributed by atoms with Crippen LogP contribution < -0.4 is 4.74 Å². The second kappa shape index (κ2) is 5.04. The molecule has 5 heteroatoms. The SMILES string of the molecule is O=C1CC(Oc2ccc(C(F)(F)F)cc2)C12CCCCC2. The van der Waals surface area contributed by atoms with Crippen molar-refractivity contribution in [1.29, 1.82) is 0 Å². The Morgan fingerprint density at radius 3 is 2.19 bits per heavy atom. The molecule has 1 spiro atoms. The second-order valence-electron chi connectivity index (χ2n) is 5.97. The molecule has 2 aliphatic rings. The van der Waals surface area contributed by atoms with E-state index in [1.807, 2.05) is 0 Å². The molecule has 1 atom stereocenters. The Balaban J connectivity index is 1.71. The number of hydrogen-bond acceptors (Lipinski definition) is 2. The van der Waals surface area contributed by atoms with Gasteiger partial charge < -0.3 is 4.74 Å². The molecule has 2 nitrogen and oxygen atoms in total. The van der Waals surface area contributed by atoms with E-state index in [0.29, 0.717) is 12.2 Å². The minimum Gasteiger partial charge on any atom is -0.489 e. The van der Waals surface area contributed by atoms with Crippen LogP contribution in [0.15, 0.2) is 24.3 Å². The van der Waals surface area contributed by atoms with Gasteiger partial charge in [0.2, 0.25) is 0 Å². The molecule has 1 aromatic carbocycles. The molecule has 2 aliphatic carbocycles. The smallest absolute Gasteiger partial charge is 0.416 e. The van der Waals surface area contributed by atoms with Crippen LogP contribution in [-0.2, 0) is 11.0 Å². The van der Waals surface area contributed by atoms with Gasteiger partial charge in [0.05, 0.1) is 11.0 Å². The van der Waals surface area contributed by atoms with Gasteiger partial charge in [-0.2, -0.15) is 13.2 Å². The minimum atomic E-state index is -4.34. The van der Waals surface area contributed by atoms with Crippen LogP contribution in [0.5, 0.6) is 5.75 Å². The average Bonchev–Trinajstić information content (AvgIpc) is 2.47. The van der Waals surface area contributed by atoms with E-state index < -0.39 is 11.7 Å². The maximum absolute atomic E-state index is 12.5. The summed E-state index contributed by atoms with van der Waals surface area (Å²) in [6.45, 7) is 0. The van der Waals surface area contributed by atoms with Crippen LogP contribution in [0.2, 0.25) is 0 Å². The Labute approximate surface area is 121 Å². The molecule has 2 saturated carbocycles. The molecule has 114 valence electrons. The van der Waals surface area contributed by atoms with E-state index in [4.69, 9.17) is 4.74 Å². The third-order valence-electron chi connectivity index (χ3n) is 4.75. The van der Waals surface area contributed by atoms with Gasteiger partial charge in [0.25, 0.3) is 0 Å². The van der Waals surface area contributed by atoms with Crippen molar-refractivity contribution in [1.82, 2.24) is 0 Å². The van der Waals surface area contributed by atoms with Crippen LogP contribution in [0, 0.1) is 5.41 Å². The van der Waals surface area contributed by atoms with Gasteiger partial charge in [-0.3, -0.25) is 4.79 Å². The lowest BCUT2D eigenvalue weighted by atomic mass is 9.57. The quantitative estimate of drug-likeness (QED) is 0.810. The maximum atomic E-state index is 12.5. The zero-order valence-corrected chi connectivity index (χ0v) is 11.6. The Bertz CT molecular complexity index is 527. The number of carbonyl (C=O) groups excluding carboxylic acids is 1. The number of carbonyl (C=O) groups is 1. The van der Waals surface area contributed by atoms with Crippen molar-refractivity contribution in [2.45, 2.75) is 50.8 Å². The molecular weight excluding hydrogens is 281 g/mol. The van der Waals surface area contributed by atoms with E-state index in [1.54, 1.807) is 0 Å². The monoisotopic (exact) mass is 298 g/mol. The number of Topliss-reactive ketones (excluding diaryl/α,β-unsaturated/α-hetero) is 1. The standard InChI is InChI=1S/C16H17F3O2/c17-16(18,19)11-4-6-12(7-5-11)21-14-10-13(20)15(14)8-2-1-3-9-15/h4-7,14H,1-3,8-10H2. The summed E-state index contributed by atoms with van der Waals surface area (Å²) in [5, 5.41) is 0. The zero-order chi connectivity index (χ0) is 15.1. The predicted molar refractivity (Wildman–Crippen MR) is 71.0 cm³/mol. The highest BCUT2D eigenvalue weighted by Crippen LogP contribution is 2.50. The molecule has 1 aromatic rings.